The van der Waals surface area contributed by atoms with E-state index in [1.54, 1.807) is 29.6 Å². The number of aryl methyl sites for hydroxylation is 1. The van der Waals surface area contributed by atoms with Gasteiger partial charge in [0.2, 0.25) is 0 Å². The topological polar surface area (TPSA) is 85.7 Å². The average Bonchev–Trinajstić information content (AvgIpc) is 3.32. The zero-order valence-electron chi connectivity index (χ0n) is 24.1. The van der Waals surface area contributed by atoms with E-state index in [0.29, 0.717) is 28.6 Å². The zero-order chi connectivity index (χ0) is 30.5. The van der Waals surface area contributed by atoms with Crippen molar-refractivity contribution in [3.05, 3.63) is 83.0 Å². The third-order valence-electron chi connectivity index (χ3n) is 7.49. The first kappa shape index (κ1) is 32.0. The van der Waals surface area contributed by atoms with Crippen molar-refractivity contribution in [2.45, 2.75) is 68.7 Å². The molecule has 1 atom stereocenters. The summed E-state index contributed by atoms with van der Waals surface area (Å²) >= 11 is 1.11. The Kier molecular flexibility index (Phi) is 10.4. The van der Waals surface area contributed by atoms with Crippen LogP contribution in [0.15, 0.2) is 65.7 Å². The van der Waals surface area contributed by atoms with Crippen LogP contribution in [0.5, 0.6) is 0 Å². The number of benzene rings is 2. The van der Waals surface area contributed by atoms with Gasteiger partial charge in [-0.05, 0) is 105 Å². The molecule has 2 aromatic carbocycles. The van der Waals surface area contributed by atoms with E-state index in [0.717, 1.165) is 43.3 Å². The minimum atomic E-state index is -4.57. The molecule has 0 saturated carbocycles. The average molecular weight is 602 g/mol. The summed E-state index contributed by atoms with van der Waals surface area (Å²) in [4.78, 5) is 15.7. The van der Waals surface area contributed by atoms with Gasteiger partial charge in [0.15, 0.2) is 0 Å². The molecule has 0 spiro atoms. The maximum atomic E-state index is 13.8. The Morgan fingerprint density at radius 1 is 1.12 bits per heavy atom. The Bertz CT molecular complexity index is 1360. The molecule has 0 radical (unpaired) electrons. The van der Waals surface area contributed by atoms with E-state index in [2.05, 4.69) is 48.4 Å². The first-order valence-electron chi connectivity index (χ1n) is 14.1. The number of carbonyl (C=O) groups is 1. The van der Waals surface area contributed by atoms with Gasteiger partial charge in [0.05, 0.1) is 17.4 Å². The number of carboxylic acid groups (broad SMARTS) is 1. The molecule has 226 valence electrons. The van der Waals surface area contributed by atoms with E-state index >= 15 is 0 Å². The van der Waals surface area contributed by atoms with Gasteiger partial charge in [-0.2, -0.15) is 13.2 Å². The summed E-state index contributed by atoms with van der Waals surface area (Å²) in [5.41, 5.74) is 2.98. The summed E-state index contributed by atoms with van der Waals surface area (Å²) in [6, 6.07) is 15.6. The number of aliphatic hydroxyl groups excluding tert-OH is 1. The van der Waals surface area contributed by atoms with Crippen molar-refractivity contribution in [2.75, 3.05) is 20.1 Å². The van der Waals surface area contributed by atoms with Crippen LogP contribution in [0, 0.1) is 5.92 Å². The molecule has 1 heterocycles. The first-order chi connectivity index (χ1) is 19.8. The predicted octanol–water partition coefficient (Wildman–Crippen LogP) is 6.26. The molecule has 0 saturated heterocycles. The van der Waals surface area contributed by atoms with Crippen molar-refractivity contribution < 1.29 is 28.2 Å². The molecule has 0 bridgehead atoms. The lowest BCUT2D eigenvalue weighted by molar-refractivity contribution is -0.138. The van der Waals surface area contributed by atoms with Crippen molar-refractivity contribution in [1.82, 2.24) is 14.6 Å². The van der Waals surface area contributed by atoms with Gasteiger partial charge in [0.1, 0.15) is 0 Å². The second-order valence-corrected chi connectivity index (χ2v) is 13.0. The number of aliphatic carboxylic acids is 1. The summed E-state index contributed by atoms with van der Waals surface area (Å²) in [6.07, 6.45) is -0.743. The Morgan fingerprint density at radius 3 is 2.45 bits per heavy atom. The summed E-state index contributed by atoms with van der Waals surface area (Å²) in [6.45, 7) is 4.86. The fourth-order valence-electron chi connectivity index (χ4n) is 5.65. The molecule has 0 fully saturated rings. The van der Waals surface area contributed by atoms with Crippen LogP contribution in [-0.4, -0.2) is 57.3 Å². The van der Waals surface area contributed by atoms with E-state index in [4.69, 9.17) is 5.11 Å². The lowest BCUT2D eigenvalue weighted by atomic mass is 9.88. The van der Waals surface area contributed by atoms with Crippen LogP contribution in [0.25, 0.3) is 11.3 Å². The lowest BCUT2D eigenvalue weighted by Crippen LogP contribution is -2.46. The number of nitrogens with zero attached hydrogens (tertiary/aromatic N) is 2. The van der Waals surface area contributed by atoms with E-state index in [9.17, 15) is 23.1 Å². The molecule has 1 aliphatic carbocycles. The van der Waals surface area contributed by atoms with Crippen LogP contribution in [0.4, 0.5) is 13.2 Å². The molecule has 3 aromatic rings. The predicted molar refractivity (Wildman–Crippen MR) is 159 cm³/mol. The Morgan fingerprint density at radius 2 is 1.81 bits per heavy atom. The van der Waals surface area contributed by atoms with Crippen LogP contribution < -0.4 is 5.32 Å². The smallest absolute Gasteiger partial charge is 0.416 e. The van der Waals surface area contributed by atoms with Crippen LogP contribution in [0.3, 0.4) is 0 Å². The standard InChI is InChI=1S/C32H38F3N3O3S/c1-31(2,18-21-13-23-7-4-5-8-24(23)14-21)37-19-27(39)20-38(3)42-28-16-25(15-26(17-28)32(33,34)35)30-22(9-6-12-36-30)10-11-29(40)41/h4-9,12,15-17,21,27,37,39H,10-11,13-14,18-20H2,1-3H3,(H,40,41)/t27-/m1/s1. The highest BCUT2D eigenvalue weighted by Crippen LogP contribution is 2.37. The highest BCUT2D eigenvalue weighted by atomic mass is 32.2. The number of fused-ring (bicyclic) bond motifs is 1. The van der Waals surface area contributed by atoms with E-state index < -0.39 is 23.8 Å². The maximum Gasteiger partial charge on any atom is 0.416 e. The molecule has 3 N–H and O–H groups in total. The van der Waals surface area contributed by atoms with Gasteiger partial charge < -0.3 is 15.5 Å². The van der Waals surface area contributed by atoms with Crippen molar-refractivity contribution in [2.24, 2.45) is 5.92 Å². The fourth-order valence-corrected chi connectivity index (χ4v) is 6.62. The number of hydrogen-bond donors (Lipinski definition) is 3. The van der Waals surface area contributed by atoms with Gasteiger partial charge in [-0.3, -0.25) is 9.78 Å². The number of halogens is 3. The molecule has 1 aliphatic rings. The van der Waals surface area contributed by atoms with Crippen molar-refractivity contribution >= 4 is 17.9 Å². The lowest BCUT2D eigenvalue weighted by Gasteiger charge is -2.31. The van der Waals surface area contributed by atoms with Crippen LogP contribution >= 0.6 is 11.9 Å². The minimum absolute atomic E-state index is 0.153. The van der Waals surface area contributed by atoms with E-state index in [1.165, 1.54) is 17.3 Å². The molecule has 0 aliphatic heterocycles. The van der Waals surface area contributed by atoms with Gasteiger partial charge in [-0.1, -0.05) is 30.3 Å². The number of nitrogens with one attached hydrogen (secondary N) is 1. The SMILES string of the molecule is CN(C[C@H](O)CNC(C)(C)CC1Cc2ccccc2C1)Sc1cc(-c2ncccc2CCC(=O)O)cc(C(F)(F)F)c1. The zero-order valence-corrected chi connectivity index (χ0v) is 24.9. The van der Waals surface area contributed by atoms with Gasteiger partial charge in [-0.15, -0.1) is 0 Å². The van der Waals surface area contributed by atoms with Crippen molar-refractivity contribution in [3.63, 3.8) is 0 Å². The number of aromatic nitrogens is 1. The Hall–Kier alpha value is -2.92. The largest absolute Gasteiger partial charge is 0.481 e. The third kappa shape index (κ3) is 9.04. The monoisotopic (exact) mass is 601 g/mol. The summed E-state index contributed by atoms with van der Waals surface area (Å²) in [7, 11) is 1.73. The molecule has 0 unspecified atom stereocenters. The molecule has 42 heavy (non-hydrogen) atoms. The highest BCUT2D eigenvalue weighted by molar-refractivity contribution is 7.97. The summed E-state index contributed by atoms with van der Waals surface area (Å²) in [5, 5.41) is 23.3. The number of alkyl halides is 3. The summed E-state index contributed by atoms with van der Waals surface area (Å²) < 4.78 is 43.2. The summed E-state index contributed by atoms with van der Waals surface area (Å²) in [5.74, 6) is -0.452. The Balaban J connectivity index is 1.38. The minimum Gasteiger partial charge on any atom is -0.481 e. The van der Waals surface area contributed by atoms with Crippen LogP contribution in [-0.2, 0) is 30.2 Å². The number of rotatable bonds is 13. The molecule has 4 rings (SSSR count). The number of β-amino-alcohol motifs (C(OH)–C–C–N with tert-alkyl or cyclic N) is 1. The third-order valence-corrected chi connectivity index (χ3v) is 8.39. The van der Waals surface area contributed by atoms with Gasteiger partial charge >= 0.3 is 12.1 Å². The molecule has 10 heteroatoms. The number of pyridine rings is 1. The normalized spacial score (nSPS) is 14.8. The second-order valence-electron chi connectivity index (χ2n) is 11.7. The number of aliphatic hydroxyl groups is 1. The molecular formula is C32H38F3N3O3S. The van der Waals surface area contributed by atoms with Crippen LogP contribution in [0.1, 0.15) is 48.9 Å². The van der Waals surface area contributed by atoms with Gasteiger partial charge in [-0.25, -0.2) is 4.31 Å². The van der Waals surface area contributed by atoms with Gasteiger partial charge in [0.25, 0.3) is 0 Å². The fraction of sp³-hybridized carbons (Fsp3) is 0.438. The van der Waals surface area contributed by atoms with Gasteiger partial charge in [0, 0.05) is 41.7 Å². The van der Waals surface area contributed by atoms with Crippen molar-refractivity contribution in [3.8, 4) is 11.3 Å². The maximum absolute atomic E-state index is 13.8. The molecular weight excluding hydrogens is 563 g/mol. The Labute approximate surface area is 249 Å². The first-order valence-corrected chi connectivity index (χ1v) is 14.8. The molecule has 6 nitrogen and oxygen atoms in total. The highest BCUT2D eigenvalue weighted by Gasteiger charge is 2.32. The van der Waals surface area contributed by atoms with Crippen LogP contribution in [0.2, 0.25) is 0 Å². The number of hydrogen-bond acceptors (Lipinski definition) is 6. The quantitative estimate of drug-likeness (QED) is 0.200. The number of carboxylic acids is 1. The molecule has 1 aromatic heterocycles. The second kappa shape index (κ2) is 13.6. The van der Waals surface area contributed by atoms with E-state index in [1.807, 2.05) is 0 Å². The number of likely N-dealkylation sites (N-methyl/N-ethyl adjacent to an activating group) is 1. The van der Waals surface area contributed by atoms with Crippen molar-refractivity contribution in [1.29, 1.82) is 0 Å². The molecule has 0 amide bonds. The van der Waals surface area contributed by atoms with E-state index in [-0.39, 0.29) is 30.5 Å².